The monoisotopic (exact) mass is 358 g/mol. The van der Waals surface area contributed by atoms with Gasteiger partial charge in [0.2, 0.25) is 0 Å². The molecule has 2 N–H and O–H groups in total. The van der Waals surface area contributed by atoms with Gasteiger partial charge in [-0.1, -0.05) is 13.8 Å². The third-order valence-corrected chi connectivity index (χ3v) is 4.00. The van der Waals surface area contributed by atoms with E-state index >= 15 is 0 Å². The van der Waals surface area contributed by atoms with Crippen molar-refractivity contribution in [1.82, 2.24) is 0 Å². The molecule has 0 aromatic heterocycles. The second-order valence-corrected chi connectivity index (χ2v) is 6.35. The number of rotatable bonds is 2. The van der Waals surface area contributed by atoms with Crippen LogP contribution in [0.15, 0.2) is 0 Å². The number of carbonyl (C=O) groups is 2. The van der Waals surface area contributed by atoms with Crippen molar-refractivity contribution in [3.05, 3.63) is 0 Å². The van der Waals surface area contributed by atoms with Crippen molar-refractivity contribution in [2.24, 2.45) is 16.7 Å². The Bertz CT molecular complexity index is 518. The van der Waals surface area contributed by atoms with Gasteiger partial charge in [-0.25, -0.2) is 0 Å². The molecule has 20 heavy (non-hydrogen) atoms. The Balaban J connectivity index is 0. The van der Waals surface area contributed by atoms with Gasteiger partial charge < -0.3 is 10.2 Å². The summed E-state index contributed by atoms with van der Waals surface area (Å²) in [7, 11) is 0. The van der Waals surface area contributed by atoms with Gasteiger partial charge in [-0.2, -0.15) is 0 Å². The van der Waals surface area contributed by atoms with Gasteiger partial charge in [0.15, 0.2) is 0 Å². The van der Waals surface area contributed by atoms with Crippen LogP contribution >= 0.6 is 0 Å². The Morgan fingerprint density at radius 3 is 1.65 bits per heavy atom. The molecule has 1 aliphatic carbocycles. The molecule has 0 bridgehead atoms. The van der Waals surface area contributed by atoms with Crippen molar-refractivity contribution in [3.8, 4) is 0 Å². The average molecular weight is 358 g/mol. The molecule has 1 aliphatic rings. The number of hydrogen-bond donors (Lipinski definition) is 2. The van der Waals surface area contributed by atoms with Gasteiger partial charge in [0.25, 0.3) is 0 Å². The predicted molar refractivity (Wildman–Crippen MR) is 51.9 cm³/mol. The van der Waals surface area contributed by atoms with E-state index in [1.54, 1.807) is 20.8 Å². The standard InChI is InChI=1S/C10H16O4.K.Mn.4O/c1-9(2)6(7(11)12)4-5-10(9,3)8(13)14;;;;;;/h6H,4-5H2,1-3H3,(H,11,12)(H,13,14);;;;;;/q;+1;;;;;-1. The van der Waals surface area contributed by atoms with E-state index in [4.69, 9.17) is 25.9 Å². The van der Waals surface area contributed by atoms with Crippen LogP contribution in [0.3, 0.4) is 0 Å². The summed E-state index contributed by atoms with van der Waals surface area (Å²) in [4.78, 5) is 22.0. The molecule has 1 saturated carbocycles. The summed E-state index contributed by atoms with van der Waals surface area (Å²) in [5.41, 5.74) is -1.61. The van der Waals surface area contributed by atoms with Crippen molar-refractivity contribution in [2.75, 3.05) is 0 Å². The first kappa shape index (κ1) is 22.7. The van der Waals surface area contributed by atoms with Crippen LogP contribution in [0.1, 0.15) is 33.6 Å². The normalized spacial score (nSPS) is 27.7. The van der Waals surface area contributed by atoms with Gasteiger partial charge in [0, 0.05) is 0 Å². The van der Waals surface area contributed by atoms with Crippen molar-refractivity contribution in [3.63, 3.8) is 0 Å². The third kappa shape index (κ3) is 5.68. The fourth-order valence-electron chi connectivity index (χ4n) is 2.32. The molecule has 2 atom stereocenters. The van der Waals surface area contributed by atoms with Gasteiger partial charge in [0.1, 0.15) is 0 Å². The summed E-state index contributed by atoms with van der Waals surface area (Å²) in [5.74, 6) is -2.34. The molecule has 0 radical (unpaired) electrons. The number of carboxylic acids is 2. The second kappa shape index (κ2) is 7.64. The van der Waals surface area contributed by atoms with E-state index in [9.17, 15) is 9.59 Å². The summed E-state index contributed by atoms with van der Waals surface area (Å²) in [6, 6.07) is 0. The van der Waals surface area contributed by atoms with Crippen LogP contribution in [0.5, 0.6) is 0 Å². The molecule has 1 rings (SSSR count). The number of carboxylic acid groups (broad SMARTS) is 2. The fourth-order valence-corrected chi connectivity index (χ4v) is 2.32. The molecule has 0 spiro atoms. The molecule has 0 aromatic carbocycles. The maximum atomic E-state index is 11.1. The molecule has 0 heterocycles. The van der Waals surface area contributed by atoms with Crippen LogP contribution in [-0.4, -0.2) is 22.2 Å². The van der Waals surface area contributed by atoms with Crippen LogP contribution < -0.4 is 55.6 Å². The predicted octanol–water partition coefficient (Wildman–Crippen LogP) is -2.95. The van der Waals surface area contributed by atoms with E-state index in [0.717, 1.165) is 0 Å². The summed E-state index contributed by atoms with van der Waals surface area (Å²) >= 11 is -5.62. The van der Waals surface area contributed by atoms with Crippen LogP contribution in [0.25, 0.3) is 0 Å². The molecule has 8 nitrogen and oxygen atoms in total. The van der Waals surface area contributed by atoms with Crippen molar-refractivity contribution in [1.29, 1.82) is 0 Å². The molecule has 10 heteroatoms. The fraction of sp³-hybridized carbons (Fsp3) is 0.800. The molecular formula is C10H16KMnO8. The minimum absolute atomic E-state index is 0. The van der Waals surface area contributed by atoms with Gasteiger partial charge in [0.05, 0.1) is 11.3 Å². The number of aliphatic carboxylic acids is 2. The first-order chi connectivity index (χ1) is 8.23. The molecule has 0 amide bonds. The van der Waals surface area contributed by atoms with E-state index in [0.29, 0.717) is 12.8 Å². The molecular weight excluding hydrogens is 342 g/mol. The molecule has 1 fully saturated rings. The third-order valence-electron chi connectivity index (χ3n) is 4.00. The quantitative estimate of drug-likeness (QED) is 0.498. The summed E-state index contributed by atoms with van der Waals surface area (Å²) in [6.07, 6.45) is 0.886. The van der Waals surface area contributed by atoms with E-state index in [1.165, 1.54) is 0 Å². The second-order valence-electron chi connectivity index (χ2n) is 5.17. The van der Waals surface area contributed by atoms with Crippen molar-refractivity contribution in [2.45, 2.75) is 33.6 Å². The summed E-state index contributed by atoms with van der Waals surface area (Å²) in [5, 5.41) is 18.1. The van der Waals surface area contributed by atoms with Crippen LogP contribution in [-0.2, 0) is 34.1 Å². The van der Waals surface area contributed by atoms with E-state index < -0.39 is 41.7 Å². The first-order valence-corrected chi connectivity index (χ1v) is 7.24. The van der Waals surface area contributed by atoms with Crippen LogP contribution in [0.4, 0.5) is 0 Å². The summed E-state index contributed by atoms with van der Waals surface area (Å²) in [6.45, 7) is 5.10. The van der Waals surface area contributed by atoms with Crippen LogP contribution in [0.2, 0.25) is 0 Å². The van der Waals surface area contributed by atoms with Gasteiger partial charge in [-0.15, -0.1) is 0 Å². The first-order valence-electron chi connectivity index (χ1n) is 5.31. The Labute approximate surface area is 160 Å². The molecule has 0 aromatic rings. The van der Waals surface area contributed by atoms with Crippen molar-refractivity contribution >= 4 is 11.9 Å². The maximum absolute atomic E-state index is 11.1. The Hall–Kier alpha value is 0.456. The molecule has 2 unspecified atom stereocenters. The zero-order valence-electron chi connectivity index (χ0n) is 11.7. The Morgan fingerprint density at radius 2 is 1.50 bits per heavy atom. The van der Waals surface area contributed by atoms with E-state index in [1.807, 2.05) is 0 Å². The van der Waals surface area contributed by atoms with E-state index in [-0.39, 0.29) is 51.4 Å². The summed E-state index contributed by atoms with van der Waals surface area (Å²) < 4.78 is 34.3. The van der Waals surface area contributed by atoms with Gasteiger partial charge >= 0.3 is 92.0 Å². The van der Waals surface area contributed by atoms with Gasteiger partial charge in [-0.3, -0.25) is 9.59 Å². The molecule has 0 aliphatic heterocycles. The Kier molecular flexibility index (Phi) is 8.68. The molecule has 0 saturated heterocycles. The van der Waals surface area contributed by atoms with Crippen molar-refractivity contribution < 1.29 is 99.9 Å². The van der Waals surface area contributed by atoms with E-state index in [2.05, 4.69) is 0 Å². The van der Waals surface area contributed by atoms with Crippen LogP contribution in [0, 0.1) is 16.7 Å². The average Bonchev–Trinajstić information content (AvgIpc) is 2.36. The minimum atomic E-state index is -5.62. The number of hydrogen-bond acceptors (Lipinski definition) is 6. The van der Waals surface area contributed by atoms with Gasteiger partial charge in [-0.05, 0) is 25.2 Å². The SMILES string of the molecule is CC1(C(=O)O)CCC(C(=O)O)C1(C)C.[K+].[O]=[Mn](=[O])(=[O])[O-]. The zero-order valence-corrected chi connectivity index (χ0v) is 16.0. The zero-order chi connectivity index (χ0) is 15.6. The Morgan fingerprint density at radius 1 is 1.15 bits per heavy atom. The molecule has 112 valence electrons. The topological polar surface area (TPSA) is 149 Å².